The van der Waals surface area contributed by atoms with Crippen LogP contribution in [0.4, 0.5) is 184 Å². The van der Waals surface area contributed by atoms with Crippen LogP contribution in [0.25, 0.3) is 0 Å². The summed E-state index contributed by atoms with van der Waals surface area (Å²) in [7, 11) is 0. The lowest BCUT2D eigenvalue weighted by Gasteiger charge is -2.31. The molecule has 0 heterocycles. The van der Waals surface area contributed by atoms with Crippen LogP contribution in [0.2, 0.25) is 0 Å². The zero-order valence-electron chi connectivity index (χ0n) is 49.1. The highest BCUT2D eigenvalue weighted by Crippen LogP contribution is 2.49. The summed E-state index contributed by atoms with van der Waals surface area (Å²) in [5.41, 5.74) is 0. The summed E-state index contributed by atoms with van der Waals surface area (Å²) in [6.07, 6.45) is -23.6. The van der Waals surface area contributed by atoms with E-state index in [4.69, 9.17) is 0 Å². The number of rotatable bonds is 29. The van der Waals surface area contributed by atoms with Crippen molar-refractivity contribution >= 4 is 0 Å². The lowest BCUT2D eigenvalue weighted by atomic mass is 9.88. The monoisotopic (exact) mass is 1440 g/mol. The van der Waals surface area contributed by atoms with Crippen LogP contribution in [0.3, 0.4) is 0 Å². The lowest BCUT2D eigenvalue weighted by Crippen LogP contribution is -2.46. The van der Waals surface area contributed by atoms with Crippen LogP contribution in [0.5, 0.6) is 0 Å². The molecule has 0 fully saturated rings. The molecule has 0 saturated heterocycles. The molecule has 0 aliphatic heterocycles. The minimum Gasteiger partial charge on any atom is -0.207 e. The molecule has 0 aromatic rings. The zero-order chi connectivity index (χ0) is 75.2. The summed E-state index contributed by atoms with van der Waals surface area (Å²) in [6.45, 7) is 2.11. The van der Waals surface area contributed by atoms with Crippen molar-refractivity contribution in [1.82, 2.24) is 0 Å². The van der Waals surface area contributed by atoms with Gasteiger partial charge in [0.15, 0.2) is 0 Å². The Kier molecular flexibility index (Phi) is 35.6. The van der Waals surface area contributed by atoms with Gasteiger partial charge in [0.05, 0.1) is 0 Å². The number of hydrogen-bond acceptors (Lipinski definition) is 0. The second-order valence-electron chi connectivity index (χ2n) is 22.1. The molecule has 0 nitrogen and oxygen atoms in total. The highest BCUT2D eigenvalue weighted by Gasteiger charge is 2.63. The Hall–Kier alpha value is -2.94. The number of hydrogen-bond donors (Lipinski definition) is 0. The molecule has 0 aromatic carbocycles. The first-order valence-corrected chi connectivity index (χ1v) is 24.7. The molecule has 0 aliphatic rings. The molecular weight excluding hydrogens is 1370 g/mol. The summed E-state index contributed by atoms with van der Waals surface area (Å²) in [6, 6.07) is 0. The Bertz CT molecular complexity index is 1800. The Balaban J connectivity index is -0.000000237. The van der Waals surface area contributed by atoms with Crippen LogP contribution < -0.4 is 0 Å². The van der Waals surface area contributed by atoms with Gasteiger partial charge in [-0.05, 0) is 55.4 Å². The van der Waals surface area contributed by atoms with Crippen LogP contribution in [0, 0.1) is 11.8 Å². The summed E-state index contributed by atoms with van der Waals surface area (Å²) in [4.78, 5) is 0. The van der Waals surface area contributed by atoms with Gasteiger partial charge in [-0.15, -0.1) is 0 Å². The maximum atomic E-state index is 13.0. The van der Waals surface area contributed by atoms with Gasteiger partial charge in [-0.2, -0.15) is 61.5 Å². The van der Waals surface area contributed by atoms with Crippen LogP contribution in [0.15, 0.2) is 0 Å². The van der Waals surface area contributed by atoms with E-state index in [0.717, 1.165) is 0 Å². The van der Waals surface area contributed by atoms with Gasteiger partial charge in [0.25, 0.3) is 0 Å². The number of halogens is 42. The van der Waals surface area contributed by atoms with E-state index in [0.29, 0.717) is 20.8 Å². The molecule has 0 rings (SSSR count). The van der Waals surface area contributed by atoms with E-state index in [-0.39, 0.29) is 69.2 Å². The van der Waals surface area contributed by atoms with Crippen molar-refractivity contribution in [3.63, 3.8) is 0 Å². The maximum Gasteiger partial charge on any atom is 0.369 e. The van der Waals surface area contributed by atoms with Gasteiger partial charge in [0.1, 0.15) is 0 Å². The fraction of sp³-hybridized carbons (Fsp3) is 1.00. The lowest BCUT2D eigenvalue weighted by molar-refractivity contribution is -0.269. The van der Waals surface area contributed by atoms with Crippen molar-refractivity contribution in [2.75, 3.05) is 0 Å². The Morgan fingerprint density at radius 2 is 0.344 bits per heavy atom. The van der Waals surface area contributed by atoms with Gasteiger partial charge >= 0.3 is 77.5 Å². The molecule has 0 aliphatic carbocycles. The van der Waals surface area contributed by atoms with E-state index < -0.39 is 214 Å². The molecule has 0 bridgehead atoms. The van der Waals surface area contributed by atoms with Gasteiger partial charge in [-0.25, -0.2) is 123 Å². The quantitative estimate of drug-likeness (QED) is 0.0655. The summed E-state index contributed by atoms with van der Waals surface area (Å²) in [5.74, 6) is -88.9. The van der Waals surface area contributed by atoms with Crippen molar-refractivity contribution in [3.05, 3.63) is 0 Å². The first-order valence-electron chi connectivity index (χ1n) is 24.7. The van der Waals surface area contributed by atoms with E-state index in [1.807, 2.05) is 0 Å². The van der Waals surface area contributed by atoms with E-state index in [9.17, 15) is 184 Å². The topological polar surface area (TPSA) is 0 Å². The van der Waals surface area contributed by atoms with Crippen molar-refractivity contribution in [1.29, 1.82) is 0 Å². The van der Waals surface area contributed by atoms with Crippen molar-refractivity contribution in [2.24, 2.45) is 11.8 Å². The first kappa shape index (κ1) is 98.1. The number of alkyl halides is 42. The Morgan fingerprint density at radius 3 is 0.456 bits per heavy atom. The minimum atomic E-state index is -5.59. The van der Waals surface area contributed by atoms with E-state index >= 15 is 0 Å². The average Bonchev–Trinajstić information content (AvgIpc) is 3.19. The third-order valence-electron chi connectivity index (χ3n) is 11.1. The second-order valence-corrected chi connectivity index (χ2v) is 22.1. The van der Waals surface area contributed by atoms with Crippen LogP contribution in [-0.2, 0) is 0 Å². The molecule has 2 unspecified atom stereocenters. The Morgan fingerprint density at radius 1 is 0.189 bits per heavy atom. The van der Waals surface area contributed by atoms with E-state index in [2.05, 4.69) is 0 Å². The van der Waals surface area contributed by atoms with Gasteiger partial charge in [0, 0.05) is 124 Å². The summed E-state index contributed by atoms with van der Waals surface area (Å²) < 4.78 is 519. The summed E-state index contributed by atoms with van der Waals surface area (Å²) in [5, 5.41) is 0. The highest BCUT2D eigenvalue weighted by molar-refractivity contribution is 4.91. The van der Waals surface area contributed by atoms with Gasteiger partial charge < -0.3 is 0 Å². The first-order chi connectivity index (χ1) is 37.9. The van der Waals surface area contributed by atoms with Gasteiger partial charge in [-0.1, -0.05) is 0 Å². The molecule has 0 amide bonds. The Labute approximate surface area is 488 Å². The predicted molar refractivity (Wildman–Crippen MR) is 241 cm³/mol. The van der Waals surface area contributed by atoms with Crippen molar-refractivity contribution in [3.8, 4) is 0 Å². The average molecular weight is 1440 g/mol. The third-order valence-corrected chi connectivity index (χ3v) is 11.1. The molecule has 90 heavy (non-hydrogen) atoms. The fourth-order valence-electron chi connectivity index (χ4n) is 5.19. The maximum absolute atomic E-state index is 13.0. The van der Waals surface area contributed by atoms with Crippen molar-refractivity contribution < 1.29 is 184 Å². The molecule has 0 saturated carbocycles. The van der Waals surface area contributed by atoms with E-state index in [1.54, 1.807) is 0 Å². The molecule has 2 atom stereocenters. The molecule has 552 valence electrons. The fourth-order valence-corrected chi connectivity index (χ4v) is 5.19. The van der Waals surface area contributed by atoms with Gasteiger partial charge in [0.2, 0.25) is 47.4 Å². The smallest absolute Gasteiger partial charge is 0.207 e. The van der Waals surface area contributed by atoms with Crippen LogP contribution in [0.1, 0.15) is 167 Å². The highest BCUT2D eigenvalue weighted by atomic mass is 19.4. The molecule has 0 aromatic heterocycles. The van der Waals surface area contributed by atoms with Crippen LogP contribution in [-0.4, -0.2) is 125 Å². The normalized spacial score (nSPS) is 15.6. The standard InChI is InChI=1S/2C10H14F8.C7H8F8.3C7H10F6/c2*1-7(11,12)4-6(8(2,13)14)5-10(17,18)9(3,15)16;1-5(10,11)2-3-6(12,13)7(14,15)4(8)9;3*1-5(8,9)3-4-7(12,13)6(2,10)11/h2*6H,4-5H2,1-3H3;4H,2-3H2,1H3;3*3-4H2,1-2H3. The molecule has 0 spiro atoms. The van der Waals surface area contributed by atoms with Crippen LogP contribution >= 0.6 is 0 Å². The predicted octanol–water partition coefficient (Wildman–Crippen LogP) is 25.1. The largest absolute Gasteiger partial charge is 0.369 e. The zero-order valence-corrected chi connectivity index (χ0v) is 49.1. The minimum absolute atomic E-state index is 0.0147. The van der Waals surface area contributed by atoms with Crippen molar-refractivity contribution in [2.45, 2.75) is 292 Å². The molecule has 42 heteroatoms. The third kappa shape index (κ3) is 43.9. The van der Waals surface area contributed by atoms with Gasteiger partial charge in [-0.3, -0.25) is 0 Å². The van der Waals surface area contributed by atoms with E-state index in [1.165, 1.54) is 0 Å². The SMILES string of the molecule is CC(F)(F)CC(CC(F)(F)C(C)(F)F)C(C)(F)F.CC(F)(F)CC(CC(F)(F)C(C)(F)F)C(C)(F)F.CC(F)(F)CCC(F)(F)C(C)(F)F.CC(F)(F)CCC(F)(F)C(C)(F)F.CC(F)(F)CCC(F)(F)C(C)(F)F.CC(F)(F)CCC(F)(F)C(F)(F)C(F)F. The second kappa shape index (κ2) is 32.7. The molecule has 0 radical (unpaired) electrons. The molecule has 0 N–H and O–H groups in total. The molecular formula is C48H66F42. The summed E-state index contributed by atoms with van der Waals surface area (Å²) >= 11 is 0.